The number of hydrogen-bond donors (Lipinski definition) is 1. The number of aryl methyl sites for hydroxylation is 1. The number of aromatic nitrogens is 3. The Kier molecular flexibility index (Phi) is 2.44. The molecule has 0 aliphatic rings. The van der Waals surface area contributed by atoms with E-state index in [0.29, 0.717) is 0 Å². The van der Waals surface area contributed by atoms with E-state index in [1.54, 1.807) is 12.4 Å². The lowest BCUT2D eigenvalue weighted by molar-refractivity contribution is 0.969. The predicted molar refractivity (Wildman–Crippen MR) is 85.9 cm³/mol. The second-order valence-electron chi connectivity index (χ2n) is 5.15. The number of nitrogen functional groups attached to an aromatic ring is 1. The van der Waals surface area contributed by atoms with E-state index >= 15 is 0 Å². The average Bonchev–Trinajstić information content (AvgIpc) is 2.88. The lowest BCUT2D eigenvalue weighted by Gasteiger charge is -2.09. The molecule has 4 aromatic rings. The van der Waals surface area contributed by atoms with E-state index in [1.807, 2.05) is 19.2 Å². The first-order chi connectivity index (χ1) is 10.2. The summed E-state index contributed by atoms with van der Waals surface area (Å²) in [4.78, 5) is 8.81. The molecular weight excluding hydrogens is 260 g/mol. The predicted octanol–water partition coefficient (Wildman–Crippen LogP) is 3.37. The highest BCUT2D eigenvalue weighted by Crippen LogP contribution is 2.33. The number of hydrogen-bond acceptors (Lipinski definition) is 3. The van der Waals surface area contributed by atoms with E-state index in [4.69, 9.17) is 5.73 Å². The SMILES string of the molecule is Cn1ccc2ccc(-c3c(N)ccc4nccnc34)cc21. The molecule has 0 amide bonds. The van der Waals surface area contributed by atoms with Gasteiger partial charge >= 0.3 is 0 Å². The van der Waals surface area contributed by atoms with Crippen LogP contribution in [0.25, 0.3) is 33.1 Å². The normalized spacial score (nSPS) is 11.3. The first-order valence-electron chi connectivity index (χ1n) is 6.79. The van der Waals surface area contributed by atoms with Crippen molar-refractivity contribution in [2.75, 3.05) is 5.73 Å². The minimum atomic E-state index is 0.719. The molecule has 0 saturated carbocycles. The van der Waals surface area contributed by atoms with Crippen molar-refractivity contribution in [2.45, 2.75) is 0 Å². The van der Waals surface area contributed by atoms with Crippen LogP contribution in [0, 0.1) is 0 Å². The molecule has 2 aromatic carbocycles. The molecule has 0 spiro atoms. The Morgan fingerprint density at radius 1 is 1.00 bits per heavy atom. The van der Waals surface area contributed by atoms with Crippen LogP contribution in [0.15, 0.2) is 55.0 Å². The minimum absolute atomic E-state index is 0.719. The fourth-order valence-corrected chi connectivity index (χ4v) is 2.77. The smallest absolute Gasteiger partial charge is 0.0985 e. The Morgan fingerprint density at radius 3 is 2.76 bits per heavy atom. The fraction of sp³-hybridized carbons (Fsp3) is 0.0588. The van der Waals surface area contributed by atoms with Crippen molar-refractivity contribution in [3.8, 4) is 11.1 Å². The molecule has 0 fully saturated rings. The van der Waals surface area contributed by atoms with Crippen LogP contribution in [-0.2, 0) is 7.05 Å². The summed E-state index contributed by atoms with van der Waals surface area (Å²) < 4.78 is 2.10. The quantitative estimate of drug-likeness (QED) is 0.541. The van der Waals surface area contributed by atoms with E-state index in [-0.39, 0.29) is 0 Å². The van der Waals surface area contributed by atoms with E-state index in [0.717, 1.165) is 27.8 Å². The molecule has 2 aromatic heterocycles. The van der Waals surface area contributed by atoms with E-state index in [2.05, 4.69) is 45.0 Å². The van der Waals surface area contributed by atoms with Crippen LogP contribution in [-0.4, -0.2) is 14.5 Å². The Balaban J connectivity index is 2.07. The molecule has 0 aliphatic carbocycles. The average molecular weight is 274 g/mol. The van der Waals surface area contributed by atoms with Crippen molar-refractivity contribution >= 4 is 27.6 Å². The molecule has 2 heterocycles. The molecule has 4 rings (SSSR count). The van der Waals surface area contributed by atoms with Crippen LogP contribution in [0.3, 0.4) is 0 Å². The molecular formula is C17H14N4. The van der Waals surface area contributed by atoms with Crippen molar-refractivity contribution in [3.63, 3.8) is 0 Å². The van der Waals surface area contributed by atoms with Gasteiger partial charge in [0.2, 0.25) is 0 Å². The molecule has 0 unspecified atom stereocenters. The Morgan fingerprint density at radius 2 is 1.86 bits per heavy atom. The highest BCUT2D eigenvalue weighted by molar-refractivity contribution is 6.00. The van der Waals surface area contributed by atoms with E-state index < -0.39 is 0 Å². The number of anilines is 1. The summed E-state index contributed by atoms with van der Waals surface area (Å²) in [6, 6.07) is 12.2. The topological polar surface area (TPSA) is 56.7 Å². The summed E-state index contributed by atoms with van der Waals surface area (Å²) in [7, 11) is 2.04. The highest BCUT2D eigenvalue weighted by atomic mass is 14.9. The molecule has 0 radical (unpaired) electrons. The van der Waals surface area contributed by atoms with E-state index in [1.165, 1.54) is 10.9 Å². The molecule has 0 atom stereocenters. The maximum Gasteiger partial charge on any atom is 0.0985 e. The number of benzene rings is 2. The van der Waals surface area contributed by atoms with Gasteiger partial charge in [0.15, 0.2) is 0 Å². The molecule has 102 valence electrons. The van der Waals surface area contributed by atoms with E-state index in [9.17, 15) is 0 Å². The van der Waals surface area contributed by atoms with Crippen LogP contribution in [0.2, 0.25) is 0 Å². The third kappa shape index (κ3) is 1.76. The lowest BCUT2D eigenvalue weighted by atomic mass is 10.0. The van der Waals surface area contributed by atoms with Gasteiger partial charge in [-0.25, -0.2) is 0 Å². The minimum Gasteiger partial charge on any atom is -0.398 e. The summed E-state index contributed by atoms with van der Waals surface area (Å²) in [6.45, 7) is 0. The molecule has 21 heavy (non-hydrogen) atoms. The van der Waals surface area contributed by atoms with Crippen molar-refractivity contribution in [1.29, 1.82) is 0 Å². The monoisotopic (exact) mass is 274 g/mol. The Labute approximate surface area is 121 Å². The zero-order valence-corrected chi connectivity index (χ0v) is 11.6. The van der Waals surface area contributed by atoms with Gasteiger partial charge in [-0.2, -0.15) is 0 Å². The largest absolute Gasteiger partial charge is 0.398 e. The summed E-state index contributed by atoms with van der Waals surface area (Å²) in [5.41, 5.74) is 11.8. The molecule has 0 saturated heterocycles. The summed E-state index contributed by atoms with van der Waals surface area (Å²) in [6.07, 6.45) is 5.45. The van der Waals surface area contributed by atoms with Crippen LogP contribution in [0.5, 0.6) is 0 Å². The van der Waals surface area contributed by atoms with Crippen LogP contribution < -0.4 is 5.73 Å². The molecule has 4 heteroatoms. The molecule has 0 aliphatic heterocycles. The standard InChI is InChI=1S/C17H14N4/c1-21-9-6-11-2-3-12(10-15(11)21)16-13(18)4-5-14-17(16)20-8-7-19-14/h2-10H,18H2,1H3. The Hall–Kier alpha value is -2.88. The van der Waals surface area contributed by atoms with Crippen LogP contribution in [0.1, 0.15) is 0 Å². The first kappa shape index (κ1) is 11.9. The third-order valence-electron chi connectivity index (χ3n) is 3.85. The lowest BCUT2D eigenvalue weighted by Crippen LogP contribution is -1.94. The van der Waals surface area contributed by atoms with Gasteiger partial charge in [0.25, 0.3) is 0 Å². The zero-order valence-electron chi connectivity index (χ0n) is 11.6. The number of fused-ring (bicyclic) bond motifs is 2. The van der Waals surface area contributed by atoms with Crippen molar-refractivity contribution in [1.82, 2.24) is 14.5 Å². The van der Waals surface area contributed by atoms with Gasteiger partial charge in [-0.3, -0.25) is 9.97 Å². The highest BCUT2D eigenvalue weighted by Gasteiger charge is 2.11. The summed E-state index contributed by atoms with van der Waals surface area (Å²) >= 11 is 0. The van der Waals surface area contributed by atoms with Crippen LogP contribution >= 0.6 is 0 Å². The number of rotatable bonds is 1. The molecule has 4 nitrogen and oxygen atoms in total. The first-order valence-corrected chi connectivity index (χ1v) is 6.79. The summed E-state index contributed by atoms with van der Waals surface area (Å²) in [5.74, 6) is 0. The number of nitrogens with two attached hydrogens (primary N) is 1. The second kappa shape index (κ2) is 4.31. The summed E-state index contributed by atoms with van der Waals surface area (Å²) in [5, 5.41) is 1.21. The zero-order chi connectivity index (χ0) is 14.4. The van der Waals surface area contributed by atoms with Gasteiger partial charge < -0.3 is 10.3 Å². The maximum atomic E-state index is 6.20. The maximum absolute atomic E-state index is 6.20. The third-order valence-corrected chi connectivity index (χ3v) is 3.85. The molecule has 2 N–H and O–H groups in total. The Bertz CT molecular complexity index is 969. The van der Waals surface area contributed by atoms with Gasteiger partial charge in [0.1, 0.15) is 0 Å². The number of nitrogens with zero attached hydrogens (tertiary/aromatic N) is 3. The fourth-order valence-electron chi connectivity index (χ4n) is 2.77. The van der Waals surface area contributed by atoms with Crippen molar-refractivity contribution < 1.29 is 0 Å². The van der Waals surface area contributed by atoms with Gasteiger partial charge in [-0.15, -0.1) is 0 Å². The second-order valence-corrected chi connectivity index (χ2v) is 5.15. The van der Waals surface area contributed by atoms with Gasteiger partial charge in [0.05, 0.1) is 11.0 Å². The van der Waals surface area contributed by atoms with Crippen LogP contribution in [0.4, 0.5) is 5.69 Å². The van der Waals surface area contributed by atoms with Gasteiger partial charge in [-0.05, 0) is 35.2 Å². The van der Waals surface area contributed by atoms with Gasteiger partial charge in [-0.1, -0.05) is 12.1 Å². The molecule has 0 bridgehead atoms. The van der Waals surface area contributed by atoms with Crippen molar-refractivity contribution in [3.05, 3.63) is 55.0 Å². The van der Waals surface area contributed by atoms with Crippen molar-refractivity contribution in [2.24, 2.45) is 7.05 Å². The van der Waals surface area contributed by atoms with Gasteiger partial charge in [0, 0.05) is 42.4 Å².